The first kappa shape index (κ1) is 11.6. The van der Waals surface area contributed by atoms with Crippen LogP contribution in [0, 0.1) is 0 Å². The number of hydrogen-bond donors (Lipinski definition) is 1. The van der Waals surface area contributed by atoms with Crippen molar-refractivity contribution in [3.63, 3.8) is 0 Å². The topological polar surface area (TPSA) is 46.2 Å². The molecule has 12 heavy (non-hydrogen) atoms. The maximum absolute atomic E-state index is 10.8. The number of Topliss-reactive ketones (excluding diaryl/α,β-unsaturated/α-hetero) is 1. The third kappa shape index (κ3) is 6.34. The van der Waals surface area contributed by atoms with E-state index in [1.54, 1.807) is 6.92 Å². The molecule has 0 unspecified atom stereocenters. The number of alkyl halides is 1. The molecule has 0 aromatic heterocycles. The normalized spacial score (nSPS) is 9.50. The lowest BCUT2D eigenvalue weighted by atomic mass is 10.2. The minimum atomic E-state index is 0.0429. The van der Waals surface area contributed by atoms with Gasteiger partial charge in [-0.2, -0.15) is 0 Å². The van der Waals surface area contributed by atoms with E-state index in [9.17, 15) is 9.59 Å². The molecule has 70 valence electrons. The van der Waals surface area contributed by atoms with Gasteiger partial charge in [0.05, 0.1) is 5.33 Å². The first-order chi connectivity index (χ1) is 5.70. The fraction of sp³-hybridized carbons (Fsp3) is 0.750. The van der Waals surface area contributed by atoms with Crippen molar-refractivity contribution in [3.8, 4) is 0 Å². The minimum Gasteiger partial charge on any atom is -0.356 e. The number of halogens is 1. The zero-order chi connectivity index (χ0) is 9.40. The molecule has 4 heteroatoms. The van der Waals surface area contributed by atoms with Crippen LogP contribution in [-0.2, 0) is 9.59 Å². The van der Waals surface area contributed by atoms with Crippen molar-refractivity contribution in [1.82, 2.24) is 5.32 Å². The Bertz CT molecular complexity index is 141. The quantitative estimate of drug-likeness (QED) is 0.557. The van der Waals surface area contributed by atoms with Crippen LogP contribution in [0.3, 0.4) is 0 Å². The molecule has 0 aliphatic rings. The lowest BCUT2D eigenvalue weighted by Gasteiger charge is -2.01. The van der Waals surface area contributed by atoms with Gasteiger partial charge < -0.3 is 5.32 Å². The van der Waals surface area contributed by atoms with Gasteiger partial charge >= 0.3 is 0 Å². The average Bonchev–Trinajstić information content (AvgIpc) is 2.11. The van der Waals surface area contributed by atoms with Crippen LogP contribution in [0.2, 0.25) is 0 Å². The second kappa shape index (κ2) is 7.28. The summed E-state index contributed by atoms with van der Waals surface area (Å²) in [6.07, 6.45) is 1.78. The molecule has 0 saturated heterocycles. The van der Waals surface area contributed by atoms with Crippen LogP contribution in [0.4, 0.5) is 0 Å². The van der Waals surface area contributed by atoms with Crippen LogP contribution in [-0.4, -0.2) is 23.6 Å². The molecule has 1 amide bonds. The van der Waals surface area contributed by atoms with E-state index in [1.807, 2.05) is 0 Å². The summed E-state index contributed by atoms with van der Waals surface area (Å²) in [4.78, 5) is 21.5. The van der Waals surface area contributed by atoms with E-state index in [4.69, 9.17) is 0 Å². The van der Waals surface area contributed by atoms with Crippen molar-refractivity contribution in [2.24, 2.45) is 0 Å². The summed E-state index contributed by atoms with van der Waals surface area (Å²) in [7, 11) is 0. The lowest BCUT2D eigenvalue weighted by molar-refractivity contribution is -0.121. The zero-order valence-electron chi connectivity index (χ0n) is 7.23. The molecule has 0 fully saturated rings. The third-order valence-corrected chi connectivity index (χ3v) is 2.05. The van der Waals surface area contributed by atoms with Gasteiger partial charge in [-0.15, -0.1) is 0 Å². The van der Waals surface area contributed by atoms with Crippen LogP contribution in [0.5, 0.6) is 0 Å². The molecule has 0 radical (unpaired) electrons. The Kier molecular flexibility index (Phi) is 7.05. The second-order valence-corrected chi connectivity index (χ2v) is 3.04. The van der Waals surface area contributed by atoms with Crippen molar-refractivity contribution in [1.29, 1.82) is 0 Å². The number of amides is 1. The van der Waals surface area contributed by atoms with Crippen LogP contribution in [0.15, 0.2) is 0 Å². The Morgan fingerprint density at radius 3 is 2.58 bits per heavy atom. The summed E-state index contributed by atoms with van der Waals surface area (Å²) in [5, 5.41) is 3.12. The van der Waals surface area contributed by atoms with Gasteiger partial charge in [0.1, 0.15) is 5.78 Å². The largest absolute Gasteiger partial charge is 0.356 e. The Balaban J connectivity index is 3.21. The molecule has 0 saturated carbocycles. The molecule has 0 heterocycles. The highest BCUT2D eigenvalue weighted by molar-refractivity contribution is 9.09. The van der Waals surface area contributed by atoms with Gasteiger partial charge in [0, 0.05) is 19.4 Å². The summed E-state index contributed by atoms with van der Waals surface area (Å²) in [5.41, 5.74) is 0. The van der Waals surface area contributed by atoms with Gasteiger partial charge in [-0.3, -0.25) is 9.59 Å². The number of ketones is 1. The molecule has 0 aliphatic carbocycles. The Morgan fingerprint density at radius 2 is 2.08 bits per heavy atom. The smallest absolute Gasteiger partial charge is 0.219 e. The van der Waals surface area contributed by atoms with Gasteiger partial charge in [0.25, 0.3) is 0 Å². The fourth-order valence-electron chi connectivity index (χ4n) is 0.705. The van der Waals surface area contributed by atoms with E-state index >= 15 is 0 Å². The van der Waals surface area contributed by atoms with Gasteiger partial charge in [0.15, 0.2) is 0 Å². The molecular formula is C8H14BrNO2. The molecule has 0 aromatic carbocycles. The van der Waals surface area contributed by atoms with E-state index in [0.29, 0.717) is 24.7 Å². The molecule has 1 N–H and O–H groups in total. The molecule has 0 aliphatic heterocycles. The standard InChI is InChI=1S/C8H14BrNO2/c1-2-8(12)10-5-3-4-7(11)6-9/h2-6H2,1H3,(H,10,12). The van der Waals surface area contributed by atoms with Crippen molar-refractivity contribution in [3.05, 3.63) is 0 Å². The van der Waals surface area contributed by atoms with E-state index < -0.39 is 0 Å². The predicted octanol–water partition coefficient (Wildman–Crippen LogP) is 1.26. The Labute approximate surface area is 81.0 Å². The number of nitrogens with one attached hydrogen (secondary N) is 1. The Morgan fingerprint density at radius 1 is 1.42 bits per heavy atom. The van der Waals surface area contributed by atoms with Gasteiger partial charge in [-0.1, -0.05) is 22.9 Å². The SMILES string of the molecule is CCC(=O)NCCCC(=O)CBr. The van der Waals surface area contributed by atoms with E-state index in [-0.39, 0.29) is 11.7 Å². The molecule has 0 aromatic rings. The van der Waals surface area contributed by atoms with Crippen LogP contribution >= 0.6 is 15.9 Å². The molecule has 0 atom stereocenters. The maximum atomic E-state index is 10.8. The van der Waals surface area contributed by atoms with Crippen LogP contribution in [0.1, 0.15) is 26.2 Å². The highest BCUT2D eigenvalue weighted by Gasteiger charge is 1.99. The van der Waals surface area contributed by atoms with Crippen molar-refractivity contribution in [2.45, 2.75) is 26.2 Å². The third-order valence-electron chi connectivity index (χ3n) is 1.42. The van der Waals surface area contributed by atoms with Crippen LogP contribution < -0.4 is 5.32 Å². The Hall–Kier alpha value is -0.380. The van der Waals surface area contributed by atoms with E-state index in [2.05, 4.69) is 21.2 Å². The van der Waals surface area contributed by atoms with Gasteiger partial charge in [0.2, 0.25) is 5.91 Å². The molecule has 0 rings (SSSR count). The molecule has 3 nitrogen and oxygen atoms in total. The number of carbonyl (C=O) groups is 2. The summed E-state index contributed by atoms with van der Waals surface area (Å²) in [6, 6.07) is 0. The van der Waals surface area contributed by atoms with Crippen molar-refractivity contribution in [2.75, 3.05) is 11.9 Å². The van der Waals surface area contributed by atoms with Crippen LogP contribution in [0.25, 0.3) is 0 Å². The van der Waals surface area contributed by atoms with Crippen molar-refractivity contribution < 1.29 is 9.59 Å². The maximum Gasteiger partial charge on any atom is 0.219 e. The number of carbonyl (C=O) groups excluding carboxylic acids is 2. The highest BCUT2D eigenvalue weighted by Crippen LogP contribution is 1.93. The number of rotatable bonds is 6. The summed E-state index contributed by atoms with van der Waals surface area (Å²) in [6.45, 7) is 2.41. The first-order valence-corrected chi connectivity index (χ1v) is 5.17. The van der Waals surface area contributed by atoms with Gasteiger partial charge in [-0.05, 0) is 6.42 Å². The number of hydrogen-bond acceptors (Lipinski definition) is 2. The second-order valence-electron chi connectivity index (χ2n) is 2.48. The minimum absolute atomic E-state index is 0.0429. The van der Waals surface area contributed by atoms with E-state index in [1.165, 1.54) is 0 Å². The van der Waals surface area contributed by atoms with Gasteiger partial charge in [-0.25, -0.2) is 0 Å². The zero-order valence-corrected chi connectivity index (χ0v) is 8.82. The summed E-state index contributed by atoms with van der Waals surface area (Å²) in [5.74, 6) is 0.224. The highest BCUT2D eigenvalue weighted by atomic mass is 79.9. The summed E-state index contributed by atoms with van der Waals surface area (Å²) >= 11 is 3.07. The monoisotopic (exact) mass is 235 g/mol. The van der Waals surface area contributed by atoms with Crippen molar-refractivity contribution >= 4 is 27.6 Å². The fourth-order valence-corrected chi connectivity index (χ4v) is 0.986. The predicted molar refractivity (Wildman–Crippen MR) is 51.3 cm³/mol. The average molecular weight is 236 g/mol. The molecular weight excluding hydrogens is 222 g/mol. The van der Waals surface area contributed by atoms with E-state index in [0.717, 1.165) is 6.42 Å². The lowest BCUT2D eigenvalue weighted by Crippen LogP contribution is -2.23. The first-order valence-electron chi connectivity index (χ1n) is 4.05. The molecule has 0 spiro atoms. The summed E-state index contributed by atoms with van der Waals surface area (Å²) < 4.78 is 0. The molecule has 0 bridgehead atoms.